The van der Waals surface area contributed by atoms with Crippen LogP contribution in [-0.2, 0) is 0 Å². The second-order valence-corrected chi connectivity index (χ2v) is 4.94. The third kappa shape index (κ3) is 2.63. The average molecular weight is 218 g/mol. The van der Waals surface area contributed by atoms with Gasteiger partial charge in [0, 0.05) is 18.6 Å². The van der Waals surface area contributed by atoms with E-state index >= 15 is 0 Å². The predicted molar refractivity (Wildman–Crippen MR) is 68.7 cm³/mol. The summed E-state index contributed by atoms with van der Waals surface area (Å²) in [4.78, 5) is 0. The van der Waals surface area contributed by atoms with Crippen molar-refractivity contribution in [1.29, 1.82) is 0 Å². The molecule has 1 fully saturated rings. The highest BCUT2D eigenvalue weighted by Gasteiger charge is 2.17. The maximum Gasteiger partial charge on any atom is 0.0297 e. The smallest absolute Gasteiger partial charge is 0.0297 e. The molecule has 1 aromatic rings. The summed E-state index contributed by atoms with van der Waals surface area (Å²) >= 11 is 0. The summed E-state index contributed by atoms with van der Waals surface area (Å²) in [7, 11) is 0. The molecule has 0 aliphatic carbocycles. The van der Waals surface area contributed by atoms with Crippen molar-refractivity contribution in [3.8, 4) is 0 Å². The SMILES string of the molecule is Cc1ccc(C(C)NC2CCNC2)c(C)c1. The Hall–Kier alpha value is -0.860. The average Bonchev–Trinajstić information content (AvgIpc) is 2.70. The Bertz CT molecular complexity index is 354. The lowest BCUT2D eigenvalue weighted by Crippen LogP contribution is -2.33. The Labute approximate surface area is 98.4 Å². The summed E-state index contributed by atoms with van der Waals surface area (Å²) in [6.07, 6.45) is 1.25. The first kappa shape index (κ1) is 11.6. The van der Waals surface area contributed by atoms with E-state index in [1.165, 1.54) is 23.1 Å². The summed E-state index contributed by atoms with van der Waals surface area (Å²) in [5.41, 5.74) is 4.17. The molecule has 2 unspecified atom stereocenters. The second kappa shape index (κ2) is 4.98. The Balaban J connectivity index is 2.04. The highest BCUT2D eigenvalue weighted by molar-refractivity contribution is 5.32. The molecule has 1 aliphatic heterocycles. The summed E-state index contributed by atoms with van der Waals surface area (Å²) in [5, 5.41) is 7.08. The first-order chi connectivity index (χ1) is 7.66. The zero-order valence-electron chi connectivity index (χ0n) is 10.5. The number of benzene rings is 1. The Kier molecular flexibility index (Phi) is 3.62. The third-order valence-corrected chi connectivity index (χ3v) is 3.44. The van der Waals surface area contributed by atoms with Crippen LogP contribution in [0, 0.1) is 13.8 Å². The molecule has 1 saturated heterocycles. The standard InChI is InChI=1S/C14H22N2/c1-10-4-5-14(11(2)8-10)12(3)16-13-6-7-15-9-13/h4-5,8,12-13,15-16H,6-7,9H2,1-3H3. The number of hydrogen-bond acceptors (Lipinski definition) is 2. The van der Waals surface area contributed by atoms with Crippen molar-refractivity contribution < 1.29 is 0 Å². The van der Waals surface area contributed by atoms with Crippen molar-refractivity contribution in [2.45, 2.75) is 39.3 Å². The van der Waals surface area contributed by atoms with Crippen LogP contribution in [0.25, 0.3) is 0 Å². The highest BCUT2D eigenvalue weighted by Crippen LogP contribution is 2.19. The number of nitrogens with one attached hydrogen (secondary N) is 2. The van der Waals surface area contributed by atoms with Crippen LogP contribution < -0.4 is 10.6 Å². The summed E-state index contributed by atoms with van der Waals surface area (Å²) in [6, 6.07) is 7.81. The highest BCUT2D eigenvalue weighted by atomic mass is 15.0. The van der Waals surface area contributed by atoms with E-state index < -0.39 is 0 Å². The quantitative estimate of drug-likeness (QED) is 0.813. The van der Waals surface area contributed by atoms with Gasteiger partial charge in [0.05, 0.1) is 0 Å². The Morgan fingerprint density at radius 1 is 1.38 bits per heavy atom. The first-order valence-electron chi connectivity index (χ1n) is 6.21. The Morgan fingerprint density at radius 2 is 2.19 bits per heavy atom. The fourth-order valence-corrected chi connectivity index (χ4v) is 2.55. The van der Waals surface area contributed by atoms with Gasteiger partial charge in [0.2, 0.25) is 0 Å². The lowest BCUT2D eigenvalue weighted by atomic mass is 9.99. The normalized spacial score (nSPS) is 22.3. The molecule has 0 aromatic heterocycles. The zero-order chi connectivity index (χ0) is 11.5. The van der Waals surface area contributed by atoms with E-state index in [4.69, 9.17) is 0 Å². The molecule has 1 aromatic carbocycles. The largest absolute Gasteiger partial charge is 0.315 e. The number of rotatable bonds is 3. The molecule has 0 amide bonds. The van der Waals surface area contributed by atoms with Crippen LogP contribution in [0.4, 0.5) is 0 Å². The van der Waals surface area contributed by atoms with Crippen LogP contribution in [0.15, 0.2) is 18.2 Å². The topological polar surface area (TPSA) is 24.1 Å². The molecule has 0 bridgehead atoms. The molecule has 2 N–H and O–H groups in total. The van der Waals surface area contributed by atoms with Crippen LogP contribution in [0.3, 0.4) is 0 Å². The maximum absolute atomic E-state index is 3.69. The van der Waals surface area contributed by atoms with Gasteiger partial charge < -0.3 is 10.6 Å². The van der Waals surface area contributed by atoms with Gasteiger partial charge in [0.1, 0.15) is 0 Å². The van der Waals surface area contributed by atoms with Crippen LogP contribution in [0.5, 0.6) is 0 Å². The second-order valence-electron chi connectivity index (χ2n) is 4.94. The van der Waals surface area contributed by atoms with Crippen LogP contribution in [-0.4, -0.2) is 19.1 Å². The van der Waals surface area contributed by atoms with Crippen molar-refractivity contribution in [2.75, 3.05) is 13.1 Å². The summed E-state index contributed by atoms with van der Waals surface area (Å²) in [5.74, 6) is 0. The van der Waals surface area contributed by atoms with Crippen molar-refractivity contribution in [2.24, 2.45) is 0 Å². The molecule has 2 heteroatoms. The predicted octanol–water partition coefficient (Wildman–Crippen LogP) is 2.32. The zero-order valence-corrected chi connectivity index (χ0v) is 10.5. The van der Waals surface area contributed by atoms with E-state index in [2.05, 4.69) is 49.6 Å². The van der Waals surface area contributed by atoms with Gasteiger partial charge in [-0.15, -0.1) is 0 Å². The maximum atomic E-state index is 3.69. The fraction of sp³-hybridized carbons (Fsp3) is 0.571. The van der Waals surface area contributed by atoms with Gasteiger partial charge in [-0.2, -0.15) is 0 Å². The van der Waals surface area contributed by atoms with Crippen LogP contribution >= 0.6 is 0 Å². The molecule has 0 spiro atoms. The molecule has 2 nitrogen and oxygen atoms in total. The van der Waals surface area contributed by atoms with E-state index in [-0.39, 0.29) is 0 Å². The van der Waals surface area contributed by atoms with Crippen LogP contribution in [0.2, 0.25) is 0 Å². The molecular weight excluding hydrogens is 196 g/mol. The minimum absolute atomic E-state index is 0.450. The van der Waals surface area contributed by atoms with Crippen molar-refractivity contribution in [1.82, 2.24) is 10.6 Å². The van der Waals surface area contributed by atoms with E-state index in [0.717, 1.165) is 13.1 Å². The minimum atomic E-state index is 0.450. The molecule has 0 radical (unpaired) electrons. The molecule has 2 rings (SSSR count). The third-order valence-electron chi connectivity index (χ3n) is 3.44. The first-order valence-corrected chi connectivity index (χ1v) is 6.21. The van der Waals surface area contributed by atoms with Gasteiger partial charge in [0.15, 0.2) is 0 Å². The molecule has 1 heterocycles. The van der Waals surface area contributed by atoms with Crippen molar-refractivity contribution in [3.63, 3.8) is 0 Å². The van der Waals surface area contributed by atoms with Gasteiger partial charge in [-0.05, 0) is 44.9 Å². The molecule has 2 atom stereocenters. The molecule has 1 aliphatic rings. The Morgan fingerprint density at radius 3 is 2.81 bits per heavy atom. The van der Waals surface area contributed by atoms with Crippen LogP contribution in [0.1, 0.15) is 36.1 Å². The van der Waals surface area contributed by atoms with Gasteiger partial charge in [-0.1, -0.05) is 23.8 Å². The van der Waals surface area contributed by atoms with E-state index in [1.807, 2.05) is 0 Å². The fourth-order valence-electron chi connectivity index (χ4n) is 2.55. The number of aryl methyl sites for hydroxylation is 2. The summed E-state index contributed by atoms with van der Waals surface area (Å²) in [6.45, 7) is 8.87. The van der Waals surface area contributed by atoms with E-state index in [9.17, 15) is 0 Å². The van der Waals surface area contributed by atoms with E-state index in [0.29, 0.717) is 12.1 Å². The minimum Gasteiger partial charge on any atom is -0.315 e. The van der Waals surface area contributed by atoms with Gasteiger partial charge in [-0.3, -0.25) is 0 Å². The van der Waals surface area contributed by atoms with E-state index in [1.54, 1.807) is 0 Å². The van der Waals surface area contributed by atoms with Crippen molar-refractivity contribution >= 4 is 0 Å². The van der Waals surface area contributed by atoms with Gasteiger partial charge in [0.25, 0.3) is 0 Å². The number of hydrogen-bond donors (Lipinski definition) is 2. The lowest BCUT2D eigenvalue weighted by Gasteiger charge is -2.21. The monoisotopic (exact) mass is 218 g/mol. The van der Waals surface area contributed by atoms with Gasteiger partial charge in [-0.25, -0.2) is 0 Å². The van der Waals surface area contributed by atoms with Crippen molar-refractivity contribution in [3.05, 3.63) is 34.9 Å². The summed E-state index contributed by atoms with van der Waals surface area (Å²) < 4.78 is 0. The molecule has 16 heavy (non-hydrogen) atoms. The molecule has 0 saturated carbocycles. The molecule has 88 valence electrons. The van der Waals surface area contributed by atoms with Gasteiger partial charge >= 0.3 is 0 Å². The lowest BCUT2D eigenvalue weighted by molar-refractivity contribution is 0.477. The molecular formula is C14H22N2.